The summed E-state index contributed by atoms with van der Waals surface area (Å²) in [5, 5.41) is 14.3. The molecule has 1 aromatic rings. The number of nitrogens with zero attached hydrogens (tertiary/aromatic N) is 1. The van der Waals surface area contributed by atoms with Gasteiger partial charge in [0.15, 0.2) is 5.75 Å². The Morgan fingerprint density at radius 2 is 2.10 bits per heavy atom. The normalized spacial score (nSPS) is 12.2. The lowest BCUT2D eigenvalue weighted by atomic mass is 10.2. The number of hydrogen-bond acceptors (Lipinski definition) is 5. The summed E-state index contributed by atoms with van der Waals surface area (Å²) in [6.07, 6.45) is 1.98. The van der Waals surface area contributed by atoms with Crippen molar-refractivity contribution in [3.05, 3.63) is 28.3 Å². The van der Waals surface area contributed by atoms with Gasteiger partial charge in [0.1, 0.15) is 0 Å². The highest BCUT2D eigenvalue weighted by molar-refractivity contribution is 7.98. The molecule has 0 radical (unpaired) electrons. The van der Waals surface area contributed by atoms with Gasteiger partial charge in [0, 0.05) is 24.4 Å². The van der Waals surface area contributed by atoms with Crippen LogP contribution < -0.4 is 10.1 Å². The topological polar surface area (TPSA) is 64.4 Å². The zero-order valence-electron chi connectivity index (χ0n) is 12.4. The molecule has 0 saturated heterocycles. The Morgan fingerprint density at radius 1 is 1.40 bits per heavy atom. The monoisotopic (exact) mass is 298 g/mol. The molecule has 1 atom stereocenters. The van der Waals surface area contributed by atoms with Crippen molar-refractivity contribution in [3.63, 3.8) is 0 Å². The van der Waals surface area contributed by atoms with Crippen LogP contribution in [0, 0.1) is 16.0 Å². The van der Waals surface area contributed by atoms with Crippen molar-refractivity contribution in [1.29, 1.82) is 0 Å². The predicted molar refractivity (Wildman–Crippen MR) is 84.9 cm³/mol. The molecule has 112 valence electrons. The molecule has 0 aromatic heterocycles. The van der Waals surface area contributed by atoms with Gasteiger partial charge in [-0.3, -0.25) is 10.1 Å². The average molecular weight is 298 g/mol. The lowest BCUT2D eigenvalue weighted by Crippen LogP contribution is -2.13. The van der Waals surface area contributed by atoms with E-state index < -0.39 is 4.92 Å². The van der Waals surface area contributed by atoms with Gasteiger partial charge in [0.2, 0.25) is 0 Å². The predicted octanol–water partition coefficient (Wildman–Crippen LogP) is 3.79. The third-order valence-electron chi connectivity index (χ3n) is 2.63. The number of ether oxygens (including phenoxy) is 1. The van der Waals surface area contributed by atoms with Gasteiger partial charge < -0.3 is 10.1 Å². The van der Waals surface area contributed by atoms with Crippen LogP contribution in [-0.2, 0) is 0 Å². The van der Waals surface area contributed by atoms with Crippen molar-refractivity contribution in [1.82, 2.24) is 0 Å². The molecule has 1 N–H and O–H groups in total. The molecular formula is C14H22N2O3S. The average Bonchev–Trinajstić information content (AvgIpc) is 2.36. The fourth-order valence-corrected chi connectivity index (χ4v) is 2.45. The molecule has 6 heteroatoms. The Kier molecular flexibility index (Phi) is 6.64. The molecule has 1 rings (SSSR count). The van der Waals surface area contributed by atoms with Gasteiger partial charge in [0.05, 0.1) is 11.0 Å². The van der Waals surface area contributed by atoms with Gasteiger partial charge in [-0.1, -0.05) is 6.92 Å². The van der Waals surface area contributed by atoms with Crippen molar-refractivity contribution < 1.29 is 9.66 Å². The number of nitrogens with one attached hydrogen (secondary N) is 1. The minimum absolute atomic E-state index is 0.00131. The van der Waals surface area contributed by atoms with Crippen LogP contribution in [0.1, 0.15) is 20.8 Å². The molecule has 0 fully saturated rings. The largest absolute Gasteiger partial charge is 0.484 e. The number of benzene rings is 1. The first kappa shape index (κ1) is 16.6. The summed E-state index contributed by atoms with van der Waals surface area (Å²) in [5.41, 5.74) is 0.848. The summed E-state index contributed by atoms with van der Waals surface area (Å²) < 4.78 is 5.52. The van der Waals surface area contributed by atoms with E-state index in [4.69, 9.17) is 4.74 Å². The third-order valence-corrected chi connectivity index (χ3v) is 3.53. The zero-order valence-corrected chi connectivity index (χ0v) is 13.2. The zero-order chi connectivity index (χ0) is 15.1. The summed E-state index contributed by atoms with van der Waals surface area (Å²) in [5.74, 6) is 1.93. The number of nitro benzene ring substituents is 1. The molecule has 0 amide bonds. The highest BCUT2D eigenvalue weighted by Gasteiger charge is 2.16. The van der Waals surface area contributed by atoms with Gasteiger partial charge >= 0.3 is 5.69 Å². The van der Waals surface area contributed by atoms with Crippen LogP contribution >= 0.6 is 11.8 Å². The maximum Gasteiger partial charge on any atom is 0.311 e. The van der Waals surface area contributed by atoms with Crippen molar-refractivity contribution >= 4 is 23.1 Å². The Morgan fingerprint density at radius 3 is 2.65 bits per heavy atom. The molecule has 0 bridgehead atoms. The van der Waals surface area contributed by atoms with Crippen molar-refractivity contribution in [2.75, 3.05) is 23.9 Å². The van der Waals surface area contributed by atoms with Gasteiger partial charge in [-0.15, -0.1) is 0 Å². The van der Waals surface area contributed by atoms with E-state index in [-0.39, 0.29) is 11.8 Å². The van der Waals surface area contributed by atoms with Crippen molar-refractivity contribution in [3.8, 4) is 5.75 Å². The Balaban J connectivity index is 2.81. The Hall–Kier alpha value is -1.43. The van der Waals surface area contributed by atoms with E-state index in [0.29, 0.717) is 11.7 Å². The second-order valence-corrected chi connectivity index (χ2v) is 5.96. The highest BCUT2D eigenvalue weighted by atomic mass is 32.2. The van der Waals surface area contributed by atoms with Crippen molar-refractivity contribution in [2.45, 2.75) is 26.9 Å². The van der Waals surface area contributed by atoms with Crippen LogP contribution in [0.2, 0.25) is 0 Å². The van der Waals surface area contributed by atoms with Crippen LogP contribution in [0.5, 0.6) is 5.75 Å². The lowest BCUT2D eigenvalue weighted by molar-refractivity contribution is -0.386. The number of nitro groups is 1. The highest BCUT2D eigenvalue weighted by Crippen LogP contribution is 2.31. The maximum atomic E-state index is 11.0. The van der Waals surface area contributed by atoms with Gasteiger partial charge in [-0.05, 0) is 37.8 Å². The van der Waals surface area contributed by atoms with E-state index in [1.165, 1.54) is 6.07 Å². The Labute approximate surface area is 124 Å². The maximum absolute atomic E-state index is 11.0. The smallest absolute Gasteiger partial charge is 0.311 e. The quantitative estimate of drug-likeness (QED) is 0.584. The van der Waals surface area contributed by atoms with Gasteiger partial charge in [0.25, 0.3) is 0 Å². The molecule has 1 aromatic carbocycles. The van der Waals surface area contributed by atoms with E-state index in [2.05, 4.69) is 18.5 Å². The van der Waals surface area contributed by atoms with E-state index >= 15 is 0 Å². The molecule has 1 unspecified atom stereocenters. The molecule has 0 aliphatic carbocycles. The number of hydrogen-bond donors (Lipinski definition) is 1. The summed E-state index contributed by atoms with van der Waals surface area (Å²) in [7, 11) is 0. The second-order valence-electron chi connectivity index (χ2n) is 5.05. The minimum Gasteiger partial charge on any atom is -0.484 e. The van der Waals surface area contributed by atoms with Crippen LogP contribution in [0.25, 0.3) is 0 Å². The van der Waals surface area contributed by atoms with Crippen LogP contribution in [0.4, 0.5) is 11.4 Å². The number of anilines is 1. The molecule has 0 spiro atoms. The summed E-state index contributed by atoms with van der Waals surface area (Å²) in [6.45, 7) is 6.70. The molecule has 0 aliphatic rings. The standard InChI is InChI=1S/C14H22N2O3S/c1-10(2)19-14-7-12(5-6-13(14)16(17)18)15-8-11(3)9-20-4/h5-7,10-11,15H,8-9H2,1-4H3. The van der Waals surface area contributed by atoms with E-state index in [0.717, 1.165) is 18.0 Å². The van der Waals surface area contributed by atoms with Crippen molar-refractivity contribution in [2.24, 2.45) is 5.92 Å². The fourth-order valence-electron chi connectivity index (χ4n) is 1.76. The lowest BCUT2D eigenvalue weighted by Gasteiger charge is -2.14. The summed E-state index contributed by atoms with van der Waals surface area (Å²) in [4.78, 5) is 10.5. The summed E-state index contributed by atoms with van der Waals surface area (Å²) >= 11 is 1.81. The molecule has 5 nitrogen and oxygen atoms in total. The number of thioether (sulfide) groups is 1. The summed E-state index contributed by atoms with van der Waals surface area (Å²) in [6, 6.07) is 4.90. The van der Waals surface area contributed by atoms with Gasteiger partial charge in [-0.2, -0.15) is 11.8 Å². The molecule has 0 heterocycles. The van der Waals surface area contributed by atoms with E-state index in [1.54, 1.807) is 12.1 Å². The second kappa shape index (κ2) is 7.99. The van der Waals surface area contributed by atoms with Crippen LogP contribution in [0.15, 0.2) is 18.2 Å². The third kappa shape index (κ3) is 5.28. The molecule has 20 heavy (non-hydrogen) atoms. The molecule has 0 saturated carbocycles. The number of rotatable bonds is 8. The molecule has 0 aliphatic heterocycles. The minimum atomic E-state index is -0.419. The SMILES string of the molecule is CSCC(C)CNc1ccc([N+](=O)[O-])c(OC(C)C)c1. The first-order chi connectivity index (χ1) is 9.43. The van der Waals surface area contributed by atoms with Gasteiger partial charge in [-0.25, -0.2) is 0 Å². The fraction of sp³-hybridized carbons (Fsp3) is 0.571. The Bertz CT molecular complexity index is 452. The van der Waals surface area contributed by atoms with Crippen LogP contribution in [-0.4, -0.2) is 29.6 Å². The van der Waals surface area contributed by atoms with E-state index in [1.807, 2.05) is 25.6 Å². The first-order valence-electron chi connectivity index (χ1n) is 6.62. The first-order valence-corrected chi connectivity index (χ1v) is 8.01. The molecular weight excluding hydrogens is 276 g/mol. The van der Waals surface area contributed by atoms with Crippen LogP contribution in [0.3, 0.4) is 0 Å². The van der Waals surface area contributed by atoms with E-state index in [9.17, 15) is 10.1 Å².